The van der Waals surface area contributed by atoms with Crippen LogP contribution in [-0.2, 0) is 0 Å². The number of halogens is 3. The van der Waals surface area contributed by atoms with E-state index in [0.717, 1.165) is 12.1 Å². The first-order valence-electron chi connectivity index (χ1n) is 5.29. The lowest BCUT2D eigenvalue weighted by Gasteiger charge is -2.07. The zero-order chi connectivity index (χ0) is 14.0. The summed E-state index contributed by atoms with van der Waals surface area (Å²) in [5.74, 6) is -2.11. The van der Waals surface area contributed by atoms with Crippen LogP contribution in [0.5, 0.6) is 0 Å². The molecular weight excluding hydrogens is 274 g/mol. The van der Waals surface area contributed by atoms with Crippen molar-refractivity contribution in [2.24, 2.45) is 0 Å². The van der Waals surface area contributed by atoms with Crippen molar-refractivity contribution in [3.05, 3.63) is 58.6 Å². The van der Waals surface area contributed by atoms with Gasteiger partial charge in [-0.3, -0.25) is 4.79 Å². The standard InChI is InChI=1S/C13H9ClF2N2O/c14-10-4-2-8(6-12(10)16)18-13(19)9-3-1-7(17)5-11(9)15/h1-6H,17H2,(H,18,19). The molecule has 0 atom stereocenters. The van der Waals surface area contributed by atoms with Crippen LogP contribution in [0.2, 0.25) is 5.02 Å². The number of anilines is 2. The number of benzene rings is 2. The molecule has 6 heteroatoms. The Balaban J connectivity index is 2.23. The Labute approximate surface area is 113 Å². The van der Waals surface area contributed by atoms with Crippen molar-refractivity contribution in [1.29, 1.82) is 0 Å². The minimum atomic E-state index is -0.744. The van der Waals surface area contributed by atoms with Crippen LogP contribution >= 0.6 is 11.6 Å². The first-order valence-corrected chi connectivity index (χ1v) is 5.66. The number of hydrogen-bond acceptors (Lipinski definition) is 2. The van der Waals surface area contributed by atoms with Crippen molar-refractivity contribution in [3.63, 3.8) is 0 Å². The number of carbonyl (C=O) groups is 1. The van der Waals surface area contributed by atoms with E-state index in [1.54, 1.807) is 0 Å². The van der Waals surface area contributed by atoms with Crippen molar-refractivity contribution < 1.29 is 13.6 Å². The van der Waals surface area contributed by atoms with E-state index in [2.05, 4.69) is 5.32 Å². The van der Waals surface area contributed by atoms with E-state index in [-0.39, 0.29) is 22.0 Å². The minimum Gasteiger partial charge on any atom is -0.399 e. The lowest BCUT2D eigenvalue weighted by molar-refractivity contribution is 0.102. The van der Waals surface area contributed by atoms with Gasteiger partial charge in [0, 0.05) is 11.4 Å². The molecule has 19 heavy (non-hydrogen) atoms. The van der Waals surface area contributed by atoms with Crippen molar-refractivity contribution in [2.75, 3.05) is 11.1 Å². The maximum absolute atomic E-state index is 13.5. The lowest BCUT2D eigenvalue weighted by atomic mass is 10.1. The molecule has 0 aliphatic heterocycles. The summed E-state index contributed by atoms with van der Waals surface area (Å²) in [4.78, 5) is 11.8. The summed E-state index contributed by atoms with van der Waals surface area (Å²) in [5.41, 5.74) is 5.60. The highest BCUT2D eigenvalue weighted by Crippen LogP contribution is 2.20. The van der Waals surface area contributed by atoms with Gasteiger partial charge < -0.3 is 11.1 Å². The van der Waals surface area contributed by atoms with Gasteiger partial charge in [0.25, 0.3) is 5.91 Å². The Morgan fingerprint density at radius 1 is 1.11 bits per heavy atom. The fraction of sp³-hybridized carbons (Fsp3) is 0. The van der Waals surface area contributed by atoms with Gasteiger partial charge in [-0.05, 0) is 36.4 Å². The second-order valence-corrected chi connectivity index (χ2v) is 4.23. The number of carbonyl (C=O) groups excluding carboxylic acids is 1. The third kappa shape index (κ3) is 3.00. The molecule has 0 saturated carbocycles. The number of rotatable bonds is 2. The van der Waals surface area contributed by atoms with Gasteiger partial charge in [0.05, 0.1) is 10.6 Å². The molecule has 0 saturated heterocycles. The smallest absolute Gasteiger partial charge is 0.258 e. The average molecular weight is 283 g/mol. The van der Waals surface area contributed by atoms with Crippen LogP contribution in [0.1, 0.15) is 10.4 Å². The Morgan fingerprint density at radius 2 is 1.84 bits per heavy atom. The second-order valence-electron chi connectivity index (χ2n) is 3.82. The van der Waals surface area contributed by atoms with Crippen LogP contribution in [0.4, 0.5) is 20.2 Å². The summed E-state index contributed by atoms with van der Waals surface area (Å²) in [5, 5.41) is 2.31. The highest BCUT2D eigenvalue weighted by Gasteiger charge is 2.12. The van der Waals surface area contributed by atoms with Crippen molar-refractivity contribution >= 4 is 28.9 Å². The van der Waals surface area contributed by atoms with Crippen LogP contribution in [0, 0.1) is 11.6 Å². The van der Waals surface area contributed by atoms with E-state index in [0.29, 0.717) is 0 Å². The van der Waals surface area contributed by atoms with Gasteiger partial charge in [0.2, 0.25) is 0 Å². The number of nitrogens with two attached hydrogens (primary N) is 1. The first-order chi connectivity index (χ1) is 8.97. The van der Waals surface area contributed by atoms with Gasteiger partial charge in [-0.1, -0.05) is 11.6 Å². The number of amides is 1. The van der Waals surface area contributed by atoms with Gasteiger partial charge in [-0.2, -0.15) is 0 Å². The van der Waals surface area contributed by atoms with Crippen molar-refractivity contribution in [1.82, 2.24) is 0 Å². The SMILES string of the molecule is Nc1ccc(C(=O)Nc2ccc(Cl)c(F)c2)c(F)c1. The first kappa shape index (κ1) is 13.3. The third-order valence-electron chi connectivity index (χ3n) is 2.42. The van der Waals surface area contributed by atoms with Crippen LogP contribution in [-0.4, -0.2) is 5.91 Å². The second kappa shape index (κ2) is 5.24. The van der Waals surface area contributed by atoms with Crippen molar-refractivity contribution in [3.8, 4) is 0 Å². The fourth-order valence-corrected chi connectivity index (χ4v) is 1.61. The highest BCUT2D eigenvalue weighted by atomic mass is 35.5. The Hall–Kier alpha value is -2.14. The van der Waals surface area contributed by atoms with Gasteiger partial charge in [0.15, 0.2) is 0 Å². The Bertz CT molecular complexity index is 647. The molecular formula is C13H9ClF2N2O. The predicted molar refractivity (Wildman–Crippen MR) is 70.2 cm³/mol. The molecule has 0 aliphatic rings. The molecule has 0 bridgehead atoms. The topological polar surface area (TPSA) is 55.1 Å². The van der Waals surface area contributed by atoms with Gasteiger partial charge in [-0.15, -0.1) is 0 Å². The monoisotopic (exact) mass is 282 g/mol. The maximum Gasteiger partial charge on any atom is 0.258 e. The van der Waals surface area contributed by atoms with E-state index in [4.69, 9.17) is 17.3 Å². The number of hydrogen-bond donors (Lipinski definition) is 2. The van der Waals surface area contributed by atoms with E-state index >= 15 is 0 Å². The maximum atomic E-state index is 13.5. The molecule has 98 valence electrons. The zero-order valence-electron chi connectivity index (χ0n) is 9.58. The number of nitrogen functional groups attached to an aromatic ring is 1. The Morgan fingerprint density at radius 3 is 2.47 bits per heavy atom. The Kier molecular flexibility index (Phi) is 3.66. The van der Waals surface area contributed by atoms with E-state index in [1.807, 2.05) is 0 Å². The lowest BCUT2D eigenvalue weighted by Crippen LogP contribution is -2.14. The van der Waals surface area contributed by atoms with Crippen LogP contribution in [0.25, 0.3) is 0 Å². The highest BCUT2D eigenvalue weighted by molar-refractivity contribution is 6.30. The van der Waals surface area contributed by atoms with E-state index in [1.165, 1.54) is 24.3 Å². The summed E-state index contributed by atoms with van der Waals surface area (Å²) < 4.78 is 26.7. The summed E-state index contributed by atoms with van der Waals surface area (Å²) >= 11 is 5.52. The molecule has 0 fully saturated rings. The normalized spacial score (nSPS) is 10.3. The molecule has 0 radical (unpaired) electrons. The largest absolute Gasteiger partial charge is 0.399 e. The van der Waals surface area contributed by atoms with Crippen molar-refractivity contribution in [2.45, 2.75) is 0 Å². The summed E-state index contributed by atoms with van der Waals surface area (Å²) in [6, 6.07) is 7.46. The van der Waals surface area contributed by atoms with E-state index in [9.17, 15) is 13.6 Å². The van der Waals surface area contributed by atoms with Gasteiger partial charge >= 0.3 is 0 Å². The molecule has 1 amide bonds. The third-order valence-corrected chi connectivity index (χ3v) is 2.72. The molecule has 0 unspecified atom stereocenters. The van der Waals surface area contributed by atoms with E-state index < -0.39 is 17.5 Å². The average Bonchev–Trinajstić information content (AvgIpc) is 2.33. The molecule has 2 rings (SSSR count). The molecule has 3 nitrogen and oxygen atoms in total. The molecule has 0 spiro atoms. The summed E-state index contributed by atoms with van der Waals surface area (Å²) in [7, 11) is 0. The molecule has 2 aromatic rings. The van der Waals surface area contributed by atoms with Crippen LogP contribution < -0.4 is 11.1 Å². The van der Waals surface area contributed by atoms with Crippen LogP contribution in [0.15, 0.2) is 36.4 Å². The molecule has 3 N–H and O–H groups in total. The zero-order valence-corrected chi connectivity index (χ0v) is 10.3. The minimum absolute atomic E-state index is 0.0586. The summed E-state index contributed by atoms with van der Waals surface area (Å²) in [6.45, 7) is 0. The van der Waals surface area contributed by atoms with Crippen LogP contribution in [0.3, 0.4) is 0 Å². The quantitative estimate of drug-likeness (QED) is 0.829. The summed E-state index contributed by atoms with van der Waals surface area (Å²) in [6.07, 6.45) is 0. The molecule has 2 aromatic carbocycles. The van der Waals surface area contributed by atoms with Gasteiger partial charge in [-0.25, -0.2) is 8.78 Å². The fourth-order valence-electron chi connectivity index (χ4n) is 1.49. The molecule has 0 aliphatic carbocycles. The van der Waals surface area contributed by atoms with Gasteiger partial charge in [0.1, 0.15) is 11.6 Å². The molecule has 0 aromatic heterocycles. The number of nitrogens with one attached hydrogen (secondary N) is 1. The molecule has 0 heterocycles. The predicted octanol–water partition coefficient (Wildman–Crippen LogP) is 3.45.